The van der Waals surface area contributed by atoms with E-state index in [0.717, 1.165) is 17.0 Å². The molecule has 0 fully saturated rings. The number of hydrogen-bond donors (Lipinski definition) is 1. The minimum Gasteiger partial charge on any atom is -0.496 e. The Morgan fingerprint density at radius 2 is 1.88 bits per heavy atom. The summed E-state index contributed by atoms with van der Waals surface area (Å²) < 4.78 is 7.25. The number of aromatic nitrogens is 2. The Morgan fingerprint density at radius 3 is 2.56 bits per heavy atom. The molecule has 1 aromatic heterocycles. The molecule has 5 heteroatoms. The fraction of sp³-hybridized carbons (Fsp3) is 0.200. The maximum atomic E-state index is 12.7. The third-order valence-corrected chi connectivity index (χ3v) is 4.10. The van der Waals surface area contributed by atoms with Crippen LogP contribution in [0.15, 0.2) is 67.0 Å². The van der Waals surface area contributed by atoms with Gasteiger partial charge in [-0.1, -0.05) is 48.5 Å². The predicted molar refractivity (Wildman–Crippen MR) is 96.3 cm³/mol. The summed E-state index contributed by atoms with van der Waals surface area (Å²) >= 11 is 0. The molecule has 0 unspecified atom stereocenters. The van der Waals surface area contributed by atoms with Crippen LogP contribution in [0.4, 0.5) is 0 Å². The number of ether oxygens (including phenoxy) is 1. The van der Waals surface area contributed by atoms with E-state index in [4.69, 9.17) is 4.74 Å². The van der Waals surface area contributed by atoms with Gasteiger partial charge in [0.1, 0.15) is 17.6 Å². The lowest BCUT2D eigenvalue weighted by atomic mass is 10.0. The van der Waals surface area contributed by atoms with Gasteiger partial charge in [0.2, 0.25) is 5.91 Å². The molecule has 5 nitrogen and oxygen atoms in total. The maximum Gasteiger partial charge on any atom is 0.225 e. The number of nitrogens with zero attached hydrogens (tertiary/aromatic N) is 2. The molecular weight excluding hydrogens is 314 g/mol. The number of methoxy groups -OCH3 is 1. The Hall–Kier alpha value is -3.08. The molecule has 0 bridgehead atoms. The third-order valence-electron chi connectivity index (χ3n) is 4.10. The summed E-state index contributed by atoms with van der Waals surface area (Å²) in [5.74, 6) is 1.42. The number of imidazole rings is 1. The largest absolute Gasteiger partial charge is 0.496 e. The zero-order valence-corrected chi connectivity index (χ0v) is 14.3. The van der Waals surface area contributed by atoms with E-state index in [1.165, 1.54) is 0 Å². The van der Waals surface area contributed by atoms with Gasteiger partial charge in [0.15, 0.2) is 0 Å². The summed E-state index contributed by atoms with van der Waals surface area (Å²) in [5, 5.41) is 3.10. The molecule has 1 N–H and O–H groups in total. The molecule has 1 atom stereocenters. The lowest BCUT2D eigenvalue weighted by Gasteiger charge is -2.19. The Balaban J connectivity index is 1.83. The van der Waals surface area contributed by atoms with Crippen LogP contribution >= 0.6 is 0 Å². The standard InChI is InChI=1S/C20H21N3O2/c1-23-13-12-21-20(23)19(15-8-4-3-5-9-15)22-18(24)14-16-10-6-7-11-17(16)25-2/h3-13,19H,14H2,1-2H3,(H,22,24)/t19-/m1/s1. The highest BCUT2D eigenvalue weighted by Gasteiger charge is 2.21. The second-order valence-electron chi connectivity index (χ2n) is 5.80. The van der Waals surface area contributed by atoms with Crippen molar-refractivity contribution in [2.75, 3.05) is 7.11 Å². The van der Waals surface area contributed by atoms with Crippen LogP contribution in [0.2, 0.25) is 0 Å². The molecule has 2 aromatic carbocycles. The molecule has 0 aliphatic heterocycles. The summed E-state index contributed by atoms with van der Waals surface area (Å²) in [4.78, 5) is 17.1. The van der Waals surface area contributed by atoms with Crippen LogP contribution in [0.5, 0.6) is 5.75 Å². The summed E-state index contributed by atoms with van der Waals surface area (Å²) in [5.41, 5.74) is 1.85. The number of nitrogens with one attached hydrogen (secondary N) is 1. The molecule has 0 saturated heterocycles. The molecule has 1 amide bonds. The third kappa shape index (κ3) is 3.88. The highest BCUT2D eigenvalue weighted by atomic mass is 16.5. The number of rotatable bonds is 6. The number of hydrogen-bond acceptors (Lipinski definition) is 3. The van der Waals surface area contributed by atoms with E-state index >= 15 is 0 Å². The van der Waals surface area contributed by atoms with Gasteiger partial charge in [-0.2, -0.15) is 0 Å². The van der Waals surface area contributed by atoms with Gasteiger partial charge in [0.05, 0.1) is 13.5 Å². The molecule has 0 aliphatic rings. The summed E-state index contributed by atoms with van der Waals surface area (Å²) in [6.07, 6.45) is 3.85. The second-order valence-corrected chi connectivity index (χ2v) is 5.80. The number of benzene rings is 2. The molecule has 0 saturated carbocycles. The predicted octanol–water partition coefficient (Wildman–Crippen LogP) is 2.88. The van der Waals surface area contributed by atoms with E-state index in [9.17, 15) is 4.79 Å². The van der Waals surface area contributed by atoms with Gasteiger partial charge < -0.3 is 14.6 Å². The van der Waals surface area contributed by atoms with Gasteiger partial charge in [-0.15, -0.1) is 0 Å². The zero-order chi connectivity index (χ0) is 17.6. The van der Waals surface area contributed by atoms with Crippen molar-refractivity contribution in [3.8, 4) is 5.75 Å². The summed E-state index contributed by atoms with van der Waals surface area (Å²) in [6.45, 7) is 0. The van der Waals surface area contributed by atoms with E-state index in [-0.39, 0.29) is 18.4 Å². The van der Waals surface area contributed by atoms with Crippen molar-refractivity contribution in [3.63, 3.8) is 0 Å². The Labute approximate surface area is 147 Å². The highest BCUT2D eigenvalue weighted by molar-refractivity contribution is 5.80. The first-order valence-electron chi connectivity index (χ1n) is 8.12. The van der Waals surface area contributed by atoms with Gasteiger partial charge in [0, 0.05) is 25.0 Å². The van der Waals surface area contributed by atoms with Gasteiger partial charge in [-0.3, -0.25) is 4.79 Å². The SMILES string of the molecule is COc1ccccc1CC(=O)N[C@H](c1ccccc1)c1nccn1C. The smallest absolute Gasteiger partial charge is 0.225 e. The van der Waals surface area contributed by atoms with Crippen LogP contribution in [-0.4, -0.2) is 22.6 Å². The minimum absolute atomic E-state index is 0.0821. The van der Waals surface area contributed by atoms with Crippen molar-refractivity contribution >= 4 is 5.91 Å². The zero-order valence-electron chi connectivity index (χ0n) is 14.3. The quantitative estimate of drug-likeness (QED) is 0.753. The average Bonchev–Trinajstić information content (AvgIpc) is 3.06. The van der Waals surface area contributed by atoms with Gasteiger partial charge >= 0.3 is 0 Å². The lowest BCUT2D eigenvalue weighted by molar-refractivity contribution is -0.121. The molecule has 3 aromatic rings. The van der Waals surface area contributed by atoms with E-state index in [1.807, 2.05) is 72.4 Å². The Bertz CT molecular complexity index is 843. The normalized spacial score (nSPS) is 11.8. The van der Waals surface area contributed by atoms with Crippen LogP contribution in [0.25, 0.3) is 0 Å². The van der Waals surface area contributed by atoms with Gasteiger partial charge in [-0.25, -0.2) is 4.98 Å². The first-order chi connectivity index (χ1) is 12.2. The molecule has 0 spiro atoms. The van der Waals surface area contributed by atoms with Crippen molar-refractivity contribution in [1.82, 2.24) is 14.9 Å². The van der Waals surface area contributed by atoms with Crippen molar-refractivity contribution in [2.45, 2.75) is 12.5 Å². The molecule has 0 aliphatic carbocycles. The maximum absolute atomic E-state index is 12.7. The van der Waals surface area contributed by atoms with Crippen LogP contribution < -0.4 is 10.1 Å². The molecule has 25 heavy (non-hydrogen) atoms. The van der Waals surface area contributed by atoms with E-state index < -0.39 is 0 Å². The van der Waals surface area contributed by atoms with Crippen LogP contribution in [0.3, 0.4) is 0 Å². The van der Waals surface area contributed by atoms with Crippen LogP contribution in [0.1, 0.15) is 23.0 Å². The molecule has 1 heterocycles. The molecule has 128 valence electrons. The molecule has 3 rings (SSSR count). The van der Waals surface area contributed by atoms with Crippen LogP contribution in [0, 0.1) is 0 Å². The van der Waals surface area contributed by atoms with Crippen molar-refractivity contribution in [3.05, 3.63) is 83.9 Å². The number of carbonyl (C=O) groups excluding carboxylic acids is 1. The lowest BCUT2D eigenvalue weighted by Crippen LogP contribution is -2.32. The number of amides is 1. The first kappa shape index (κ1) is 16.8. The summed E-state index contributed by atoms with van der Waals surface area (Å²) in [7, 11) is 3.53. The Morgan fingerprint density at radius 1 is 1.16 bits per heavy atom. The van der Waals surface area contributed by atoms with Crippen LogP contribution in [-0.2, 0) is 18.3 Å². The van der Waals surface area contributed by atoms with E-state index in [0.29, 0.717) is 5.75 Å². The fourth-order valence-electron chi connectivity index (χ4n) is 2.83. The monoisotopic (exact) mass is 335 g/mol. The van der Waals surface area contributed by atoms with E-state index in [2.05, 4.69) is 10.3 Å². The number of carbonyl (C=O) groups is 1. The van der Waals surface area contributed by atoms with Crippen molar-refractivity contribution in [1.29, 1.82) is 0 Å². The average molecular weight is 335 g/mol. The summed E-state index contributed by atoms with van der Waals surface area (Å²) in [6, 6.07) is 17.1. The fourth-order valence-corrected chi connectivity index (χ4v) is 2.83. The number of para-hydroxylation sites is 1. The van der Waals surface area contributed by atoms with E-state index in [1.54, 1.807) is 13.3 Å². The second kappa shape index (κ2) is 7.66. The van der Waals surface area contributed by atoms with Crippen molar-refractivity contribution in [2.24, 2.45) is 7.05 Å². The van der Waals surface area contributed by atoms with Gasteiger partial charge in [0.25, 0.3) is 0 Å². The number of aryl methyl sites for hydroxylation is 1. The Kier molecular flexibility index (Phi) is 5.14. The topological polar surface area (TPSA) is 56.1 Å². The minimum atomic E-state index is -0.302. The molecular formula is C20H21N3O2. The van der Waals surface area contributed by atoms with Gasteiger partial charge in [-0.05, 0) is 11.6 Å². The molecule has 0 radical (unpaired) electrons. The highest BCUT2D eigenvalue weighted by Crippen LogP contribution is 2.22. The van der Waals surface area contributed by atoms with Crippen molar-refractivity contribution < 1.29 is 9.53 Å². The first-order valence-corrected chi connectivity index (χ1v) is 8.12.